The summed E-state index contributed by atoms with van der Waals surface area (Å²) in [5.74, 6) is 0.910. The molecule has 1 heterocycles. The van der Waals surface area contributed by atoms with Crippen LogP contribution in [0.5, 0.6) is 0 Å². The molecule has 0 saturated heterocycles. The molecule has 0 atom stereocenters. The topological polar surface area (TPSA) is 54.5 Å². The van der Waals surface area contributed by atoms with Crippen molar-refractivity contribution < 1.29 is 9.53 Å². The number of amides is 1. The maximum absolute atomic E-state index is 10.3. The van der Waals surface area contributed by atoms with E-state index in [0.717, 1.165) is 24.5 Å². The molecule has 1 N–H and O–H groups in total. The Labute approximate surface area is 108 Å². The molecule has 0 aliphatic carbocycles. The zero-order chi connectivity index (χ0) is 13.2. The van der Waals surface area contributed by atoms with Crippen molar-refractivity contribution in [3.05, 3.63) is 23.9 Å². The number of carbonyl (C=O) groups excluding carboxylic acids is 1. The Morgan fingerprint density at radius 2 is 2.28 bits per heavy atom. The molecule has 1 aromatic heterocycles. The van der Waals surface area contributed by atoms with E-state index in [1.54, 1.807) is 0 Å². The summed E-state index contributed by atoms with van der Waals surface area (Å²) in [6.45, 7) is 7.45. The van der Waals surface area contributed by atoms with Crippen LogP contribution in [0, 0.1) is 6.92 Å². The van der Waals surface area contributed by atoms with Gasteiger partial charge in [-0.3, -0.25) is 4.79 Å². The van der Waals surface area contributed by atoms with Crippen molar-refractivity contribution in [1.82, 2.24) is 10.3 Å². The quantitative estimate of drug-likeness (QED) is 0.525. The lowest BCUT2D eigenvalue weighted by molar-refractivity contribution is -0.109. The molecule has 1 rings (SSSR count). The average Bonchev–Trinajstić information content (AvgIpc) is 2.38. The Morgan fingerprint density at radius 3 is 2.89 bits per heavy atom. The van der Waals surface area contributed by atoms with Crippen LogP contribution in [-0.2, 0) is 9.53 Å². The van der Waals surface area contributed by atoms with Crippen molar-refractivity contribution in [2.45, 2.75) is 13.8 Å². The lowest BCUT2D eigenvalue weighted by Crippen LogP contribution is -2.34. The van der Waals surface area contributed by atoms with Crippen LogP contribution >= 0.6 is 0 Å². The van der Waals surface area contributed by atoms with Crippen LogP contribution in [0.15, 0.2) is 18.3 Å². The minimum Gasteiger partial charge on any atom is -0.380 e. The number of anilines is 1. The van der Waals surface area contributed by atoms with Crippen LogP contribution in [0.4, 0.5) is 5.82 Å². The van der Waals surface area contributed by atoms with Gasteiger partial charge in [0, 0.05) is 32.4 Å². The van der Waals surface area contributed by atoms with E-state index in [1.165, 1.54) is 0 Å². The van der Waals surface area contributed by atoms with Gasteiger partial charge in [-0.1, -0.05) is 6.07 Å². The summed E-state index contributed by atoms with van der Waals surface area (Å²) in [7, 11) is 0. The van der Waals surface area contributed by atoms with Crippen LogP contribution in [-0.4, -0.2) is 44.2 Å². The van der Waals surface area contributed by atoms with E-state index in [-0.39, 0.29) is 0 Å². The second-order valence-electron chi connectivity index (χ2n) is 3.95. The van der Waals surface area contributed by atoms with Gasteiger partial charge < -0.3 is 15.0 Å². The van der Waals surface area contributed by atoms with E-state index in [4.69, 9.17) is 4.74 Å². The van der Waals surface area contributed by atoms with Crippen molar-refractivity contribution in [3.8, 4) is 0 Å². The van der Waals surface area contributed by atoms with Gasteiger partial charge in [-0.2, -0.15) is 0 Å². The summed E-state index contributed by atoms with van der Waals surface area (Å²) in [6, 6.07) is 4.02. The number of hydrogen-bond acceptors (Lipinski definition) is 4. The maximum Gasteiger partial charge on any atom is 0.207 e. The highest BCUT2D eigenvalue weighted by molar-refractivity contribution is 5.46. The van der Waals surface area contributed by atoms with E-state index in [0.29, 0.717) is 26.2 Å². The van der Waals surface area contributed by atoms with E-state index < -0.39 is 0 Å². The first-order chi connectivity index (χ1) is 8.77. The molecule has 0 radical (unpaired) electrons. The molecule has 0 aliphatic heterocycles. The molecule has 5 heteroatoms. The number of pyridine rings is 1. The molecule has 0 unspecified atom stereocenters. The molecule has 0 bridgehead atoms. The predicted octanol–water partition coefficient (Wildman–Crippen LogP) is 0.979. The van der Waals surface area contributed by atoms with Gasteiger partial charge in [0.15, 0.2) is 0 Å². The van der Waals surface area contributed by atoms with Crippen LogP contribution in [0.1, 0.15) is 12.5 Å². The van der Waals surface area contributed by atoms with Gasteiger partial charge in [0.2, 0.25) is 6.41 Å². The third-order valence-corrected chi connectivity index (χ3v) is 2.54. The summed E-state index contributed by atoms with van der Waals surface area (Å²) < 4.78 is 5.36. The van der Waals surface area contributed by atoms with E-state index in [9.17, 15) is 4.79 Å². The first kappa shape index (κ1) is 14.4. The SMILES string of the molecule is CCOCCN(CCNC=O)c1ccc(C)cn1. The molecule has 1 amide bonds. The number of aryl methyl sites for hydroxylation is 1. The van der Waals surface area contributed by atoms with Gasteiger partial charge >= 0.3 is 0 Å². The second kappa shape index (κ2) is 8.47. The van der Waals surface area contributed by atoms with Crippen LogP contribution in [0.2, 0.25) is 0 Å². The molecule has 0 fully saturated rings. The standard InChI is InChI=1S/C13H21N3O2/c1-3-18-9-8-16(7-6-14-11-17)13-5-4-12(2)10-15-13/h4-5,10-11H,3,6-9H2,1-2H3,(H,14,17). The zero-order valence-corrected chi connectivity index (χ0v) is 11.1. The number of nitrogens with zero attached hydrogens (tertiary/aromatic N) is 2. The molecule has 5 nitrogen and oxygen atoms in total. The molecular formula is C13H21N3O2. The molecule has 0 aromatic carbocycles. The van der Waals surface area contributed by atoms with Gasteiger partial charge in [0.05, 0.1) is 6.61 Å². The van der Waals surface area contributed by atoms with E-state index in [1.807, 2.05) is 32.2 Å². The van der Waals surface area contributed by atoms with Gasteiger partial charge in [0.25, 0.3) is 0 Å². The van der Waals surface area contributed by atoms with Crippen molar-refractivity contribution in [1.29, 1.82) is 0 Å². The normalized spacial score (nSPS) is 10.1. The van der Waals surface area contributed by atoms with Crippen molar-refractivity contribution in [2.75, 3.05) is 37.7 Å². The van der Waals surface area contributed by atoms with Crippen LogP contribution < -0.4 is 10.2 Å². The number of carbonyl (C=O) groups is 1. The monoisotopic (exact) mass is 251 g/mol. The lowest BCUT2D eigenvalue weighted by atomic mass is 10.3. The maximum atomic E-state index is 10.3. The van der Waals surface area contributed by atoms with E-state index in [2.05, 4.69) is 15.2 Å². The molecule has 100 valence electrons. The molecule has 0 aliphatic rings. The fraction of sp³-hybridized carbons (Fsp3) is 0.538. The van der Waals surface area contributed by atoms with Crippen LogP contribution in [0.25, 0.3) is 0 Å². The molecule has 1 aromatic rings. The van der Waals surface area contributed by atoms with Crippen molar-refractivity contribution >= 4 is 12.2 Å². The first-order valence-electron chi connectivity index (χ1n) is 6.20. The first-order valence-corrected chi connectivity index (χ1v) is 6.20. The number of aromatic nitrogens is 1. The summed E-state index contributed by atoms with van der Waals surface area (Å²) in [6.07, 6.45) is 2.56. The van der Waals surface area contributed by atoms with Gasteiger partial charge in [-0.05, 0) is 25.5 Å². The molecular weight excluding hydrogens is 230 g/mol. The molecule has 0 saturated carbocycles. The highest BCUT2D eigenvalue weighted by atomic mass is 16.5. The smallest absolute Gasteiger partial charge is 0.207 e. The minimum absolute atomic E-state index is 0.602. The number of rotatable bonds is 9. The zero-order valence-electron chi connectivity index (χ0n) is 11.1. The number of ether oxygens (including phenoxy) is 1. The number of hydrogen-bond donors (Lipinski definition) is 1. The summed E-state index contributed by atoms with van der Waals surface area (Å²) in [5, 5.41) is 2.66. The third-order valence-electron chi connectivity index (χ3n) is 2.54. The van der Waals surface area contributed by atoms with Gasteiger partial charge in [-0.15, -0.1) is 0 Å². The Morgan fingerprint density at radius 1 is 1.44 bits per heavy atom. The predicted molar refractivity (Wildman–Crippen MR) is 71.7 cm³/mol. The summed E-state index contributed by atoms with van der Waals surface area (Å²) >= 11 is 0. The molecule has 18 heavy (non-hydrogen) atoms. The van der Waals surface area contributed by atoms with Crippen molar-refractivity contribution in [2.24, 2.45) is 0 Å². The second-order valence-corrected chi connectivity index (χ2v) is 3.95. The third kappa shape index (κ3) is 5.14. The lowest BCUT2D eigenvalue weighted by Gasteiger charge is -2.23. The Kier molecular flexibility index (Phi) is 6.79. The van der Waals surface area contributed by atoms with E-state index >= 15 is 0 Å². The average molecular weight is 251 g/mol. The van der Waals surface area contributed by atoms with Crippen molar-refractivity contribution in [3.63, 3.8) is 0 Å². The summed E-state index contributed by atoms with van der Waals surface area (Å²) in [4.78, 5) is 16.8. The largest absolute Gasteiger partial charge is 0.380 e. The highest BCUT2D eigenvalue weighted by Crippen LogP contribution is 2.10. The molecule has 0 spiro atoms. The Balaban J connectivity index is 2.56. The van der Waals surface area contributed by atoms with Gasteiger partial charge in [0.1, 0.15) is 5.82 Å². The Hall–Kier alpha value is -1.62. The number of nitrogens with one attached hydrogen (secondary N) is 1. The highest BCUT2D eigenvalue weighted by Gasteiger charge is 2.06. The minimum atomic E-state index is 0.602. The Bertz CT molecular complexity index is 341. The fourth-order valence-electron chi connectivity index (χ4n) is 1.57. The fourth-order valence-corrected chi connectivity index (χ4v) is 1.57. The summed E-state index contributed by atoms with van der Waals surface area (Å²) in [5.41, 5.74) is 1.13. The van der Waals surface area contributed by atoms with Crippen LogP contribution in [0.3, 0.4) is 0 Å². The van der Waals surface area contributed by atoms with Gasteiger partial charge in [-0.25, -0.2) is 4.98 Å².